The maximum atomic E-state index is 15.5. The van der Waals surface area contributed by atoms with Crippen LogP contribution in [0.4, 0.5) is 22.0 Å². The molecule has 152 valence electrons. The molecule has 4 atom stereocenters. The van der Waals surface area contributed by atoms with Gasteiger partial charge in [0.25, 0.3) is 5.92 Å². The number of rotatable bonds is 5. The van der Waals surface area contributed by atoms with E-state index in [9.17, 15) is 17.6 Å². The molecule has 1 nitrogen and oxygen atoms in total. The van der Waals surface area contributed by atoms with Crippen LogP contribution in [0.5, 0.6) is 5.75 Å². The van der Waals surface area contributed by atoms with Crippen molar-refractivity contribution in [1.29, 1.82) is 0 Å². The first kappa shape index (κ1) is 20.4. The van der Waals surface area contributed by atoms with Gasteiger partial charge in [0.05, 0.1) is 12.5 Å². The molecule has 0 saturated heterocycles. The van der Waals surface area contributed by atoms with Crippen molar-refractivity contribution in [3.63, 3.8) is 0 Å². The molecule has 1 aromatic rings. The maximum absolute atomic E-state index is 15.5. The van der Waals surface area contributed by atoms with Crippen LogP contribution in [0.3, 0.4) is 0 Å². The number of halogens is 5. The van der Waals surface area contributed by atoms with Gasteiger partial charge in [-0.05, 0) is 63.0 Å². The van der Waals surface area contributed by atoms with Gasteiger partial charge in [-0.3, -0.25) is 0 Å². The van der Waals surface area contributed by atoms with Crippen LogP contribution in [0.2, 0.25) is 0 Å². The molecule has 1 aromatic carbocycles. The van der Waals surface area contributed by atoms with E-state index in [0.717, 1.165) is 0 Å². The summed E-state index contributed by atoms with van der Waals surface area (Å²) in [6.45, 7) is 3.70. The molecule has 2 aliphatic rings. The van der Waals surface area contributed by atoms with Gasteiger partial charge in [0.1, 0.15) is 5.67 Å². The lowest BCUT2D eigenvalue weighted by atomic mass is 9.87. The Morgan fingerprint density at radius 3 is 2.44 bits per heavy atom. The summed E-state index contributed by atoms with van der Waals surface area (Å²) >= 11 is 0. The van der Waals surface area contributed by atoms with Gasteiger partial charge in [-0.25, -0.2) is 17.6 Å². The molecule has 27 heavy (non-hydrogen) atoms. The first-order chi connectivity index (χ1) is 12.7. The van der Waals surface area contributed by atoms with E-state index in [1.807, 2.05) is 6.92 Å². The SMILES string of the molecule is CCCC1CC2(F)CCC(c3ccc(OCC)c(F)c3F)CCC2C1(F)F. The average molecular weight is 390 g/mol. The Balaban J connectivity index is 1.82. The van der Waals surface area contributed by atoms with E-state index in [4.69, 9.17) is 4.74 Å². The lowest BCUT2D eigenvalue weighted by molar-refractivity contribution is -0.1000. The Labute approximate surface area is 157 Å². The van der Waals surface area contributed by atoms with Gasteiger partial charge in [0, 0.05) is 5.92 Å². The third kappa shape index (κ3) is 3.56. The summed E-state index contributed by atoms with van der Waals surface area (Å²) < 4.78 is 78.7. The fourth-order valence-electron chi connectivity index (χ4n) is 5.05. The van der Waals surface area contributed by atoms with Crippen molar-refractivity contribution in [2.75, 3.05) is 6.61 Å². The van der Waals surface area contributed by atoms with Crippen LogP contribution < -0.4 is 4.74 Å². The molecule has 0 bridgehead atoms. The predicted octanol–water partition coefficient (Wildman–Crippen LogP) is 6.80. The first-order valence-electron chi connectivity index (χ1n) is 9.92. The highest BCUT2D eigenvalue weighted by atomic mass is 19.3. The van der Waals surface area contributed by atoms with Crippen LogP contribution in [0.1, 0.15) is 70.3 Å². The molecule has 2 saturated carbocycles. The maximum Gasteiger partial charge on any atom is 0.256 e. The van der Waals surface area contributed by atoms with Crippen LogP contribution in [0.15, 0.2) is 12.1 Å². The van der Waals surface area contributed by atoms with Gasteiger partial charge in [0.2, 0.25) is 5.82 Å². The summed E-state index contributed by atoms with van der Waals surface area (Å²) in [7, 11) is 0. The summed E-state index contributed by atoms with van der Waals surface area (Å²) in [4.78, 5) is 0. The molecule has 0 N–H and O–H groups in total. The molecule has 3 rings (SSSR count). The molecule has 0 aromatic heterocycles. The number of hydrogen-bond donors (Lipinski definition) is 0. The van der Waals surface area contributed by atoms with E-state index < -0.39 is 41.0 Å². The Kier molecular flexibility index (Phi) is 5.74. The smallest absolute Gasteiger partial charge is 0.256 e. The molecule has 0 aliphatic heterocycles. The van der Waals surface area contributed by atoms with E-state index in [-0.39, 0.29) is 50.0 Å². The summed E-state index contributed by atoms with van der Waals surface area (Å²) in [5.41, 5.74) is -1.79. The minimum Gasteiger partial charge on any atom is -0.491 e. The number of fused-ring (bicyclic) bond motifs is 1. The van der Waals surface area contributed by atoms with Gasteiger partial charge in [0.15, 0.2) is 11.6 Å². The second-order valence-corrected chi connectivity index (χ2v) is 7.98. The fourth-order valence-corrected chi connectivity index (χ4v) is 5.05. The summed E-state index contributed by atoms with van der Waals surface area (Å²) in [6, 6.07) is 2.80. The quantitative estimate of drug-likeness (QED) is 0.502. The van der Waals surface area contributed by atoms with Crippen molar-refractivity contribution >= 4 is 0 Å². The minimum atomic E-state index is -3.04. The van der Waals surface area contributed by atoms with Crippen molar-refractivity contribution in [2.24, 2.45) is 11.8 Å². The largest absolute Gasteiger partial charge is 0.491 e. The van der Waals surface area contributed by atoms with E-state index in [1.165, 1.54) is 12.1 Å². The molecule has 0 amide bonds. The predicted molar refractivity (Wildman–Crippen MR) is 94.0 cm³/mol. The summed E-state index contributed by atoms with van der Waals surface area (Å²) in [5, 5.41) is 0. The average Bonchev–Trinajstić information content (AvgIpc) is 2.73. The van der Waals surface area contributed by atoms with Crippen LogP contribution >= 0.6 is 0 Å². The highest BCUT2D eigenvalue weighted by Crippen LogP contribution is 2.60. The van der Waals surface area contributed by atoms with Crippen molar-refractivity contribution in [3.8, 4) is 5.75 Å². The Hall–Kier alpha value is -1.33. The lowest BCUT2D eigenvalue weighted by Gasteiger charge is -2.28. The summed E-state index contributed by atoms with van der Waals surface area (Å²) in [5.74, 6) is -8.00. The van der Waals surface area contributed by atoms with Gasteiger partial charge in [-0.15, -0.1) is 0 Å². The van der Waals surface area contributed by atoms with E-state index in [0.29, 0.717) is 12.8 Å². The Bertz CT molecular complexity index is 677. The second-order valence-electron chi connectivity index (χ2n) is 7.98. The summed E-state index contributed by atoms with van der Waals surface area (Å²) in [6.07, 6.45) is 1.21. The number of hydrogen-bond acceptors (Lipinski definition) is 1. The van der Waals surface area contributed by atoms with Gasteiger partial charge >= 0.3 is 0 Å². The highest BCUT2D eigenvalue weighted by molar-refractivity contribution is 5.33. The number of benzene rings is 1. The molecule has 4 unspecified atom stereocenters. The van der Waals surface area contributed by atoms with Crippen LogP contribution in [0.25, 0.3) is 0 Å². The van der Waals surface area contributed by atoms with Crippen molar-refractivity contribution in [2.45, 2.75) is 76.3 Å². The van der Waals surface area contributed by atoms with Gasteiger partial charge in [-0.1, -0.05) is 19.4 Å². The molecule has 0 spiro atoms. The van der Waals surface area contributed by atoms with Crippen molar-refractivity contribution in [3.05, 3.63) is 29.3 Å². The van der Waals surface area contributed by atoms with Crippen LogP contribution in [0, 0.1) is 23.5 Å². The minimum absolute atomic E-state index is 0.0113. The fraction of sp³-hybridized carbons (Fsp3) is 0.714. The normalized spacial score (nSPS) is 32.8. The number of ether oxygens (including phenoxy) is 1. The van der Waals surface area contributed by atoms with Gasteiger partial charge < -0.3 is 4.74 Å². The first-order valence-corrected chi connectivity index (χ1v) is 9.92. The Morgan fingerprint density at radius 2 is 1.78 bits per heavy atom. The molecular weight excluding hydrogens is 363 g/mol. The van der Waals surface area contributed by atoms with E-state index in [1.54, 1.807) is 6.92 Å². The standard InChI is InChI=1S/C21H27F5O/c1-3-5-14-12-20(24)11-10-13(6-9-17(20)21(14,25)26)15-7-8-16(27-4-2)19(23)18(15)22/h7-8,13-14,17H,3-6,9-12H2,1-2H3. The Morgan fingerprint density at radius 1 is 1.04 bits per heavy atom. The monoisotopic (exact) mass is 390 g/mol. The third-order valence-corrected chi connectivity index (χ3v) is 6.38. The number of alkyl halides is 3. The zero-order valence-electron chi connectivity index (χ0n) is 15.8. The zero-order chi connectivity index (χ0) is 19.8. The molecule has 0 heterocycles. The topological polar surface area (TPSA) is 9.23 Å². The molecule has 6 heteroatoms. The second kappa shape index (κ2) is 7.59. The molecule has 0 radical (unpaired) electrons. The van der Waals surface area contributed by atoms with Crippen molar-refractivity contribution in [1.82, 2.24) is 0 Å². The van der Waals surface area contributed by atoms with Crippen molar-refractivity contribution < 1.29 is 26.7 Å². The third-order valence-electron chi connectivity index (χ3n) is 6.38. The molecule has 2 fully saturated rings. The molecular formula is C21H27F5O. The van der Waals surface area contributed by atoms with E-state index in [2.05, 4.69) is 0 Å². The highest BCUT2D eigenvalue weighted by Gasteiger charge is 2.64. The molecule has 2 aliphatic carbocycles. The van der Waals surface area contributed by atoms with Crippen LogP contribution in [-0.2, 0) is 0 Å². The zero-order valence-corrected chi connectivity index (χ0v) is 15.8. The van der Waals surface area contributed by atoms with Crippen LogP contribution in [-0.4, -0.2) is 18.2 Å². The van der Waals surface area contributed by atoms with Gasteiger partial charge in [-0.2, -0.15) is 4.39 Å². The van der Waals surface area contributed by atoms with E-state index >= 15 is 4.39 Å². The lowest BCUT2D eigenvalue weighted by Crippen LogP contribution is -2.36.